The lowest BCUT2D eigenvalue weighted by molar-refractivity contribution is -0.114. The van der Waals surface area contributed by atoms with Gasteiger partial charge in [-0.15, -0.1) is 0 Å². The monoisotopic (exact) mass is 444 g/mol. The number of rotatable bonds is 6. The molecule has 4 aromatic rings. The number of aryl methyl sites for hydroxylation is 2. The Bertz CT molecular complexity index is 1380. The van der Waals surface area contributed by atoms with Crippen LogP contribution in [-0.4, -0.2) is 20.9 Å². The Hall–Kier alpha value is -3.64. The lowest BCUT2D eigenvalue weighted by Gasteiger charge is -2.26. The number of anilines is 2. The Kier molecular flexibility index (Phi) is 5.97. The highest BCUT2D eigenvalue weighted by atomic mass is 32.2. The third-order valence-corrected chi connectivity index (χ3v) is 7.06. The third kappa shape index (κ3) is 4.50. The molecule has 0 radical (unpaired) electrons. The van der Waals surface area contributed by atoms with Crippen LogP contribution in [0.15, 0.2) is 95.9 Å². The summed E-state index contributed by atoms with van der Waals surface area (Å²) in [4.78, 5) is 13.1. The molecule has 0 fully saturated rings. The van der Waals surface area contributed by atoms with Crippen molar-refractivity contribution >= 4 is 38.1 Å². The summed E-state index contributed by atoms with van der Waals surface area (Å²) in [6, 6.07) is 27.2. The molecule has 5 nitrogen and oxygen atoms in total. The van der Waals surface area contributed by atoms with E-state index in [9.17, 15) is 13.2 Å². The standard InChI is InChI=1S/C26H24N2O3S/c1-19-12-13-20(2)25(16-19)28(32(30,31)24-10-4-3-5-11-24)18-26(29)27-23-15-14-21-8-6-7-9-22(21)17-23/h3-17H,18H2,1-2H3,(H,27,29). The lowest BCUT2D eigenvalue weighted by Crippen LogP contribution is -2.38. The van der Waals surface area contributed by atoms with Gasteiger partial charge >= 0.3 is 0 Å². The van der Waals surface area contributed by atoms with Crippen molar-refractivity contribution in [3.05, 3.63) is 102 Å². The van der Waals surface area contributed by atoms with E-state index in [4.69, 9.17) is 0 Å². The second-order valence-electron chi connectivity index (χ2n) is 7.72. The van der Waals surface area contributed by atoms with Crippen molar-refractivity contribution in [2.45, 2.75) is 18.7 Å². The van der Waals surface area contributed by atoms with Gasteiger partial charge in [-0.25, -0.2) is 8.42 Å². The van der Waals surface area contributed by atoms with Crippen LogP contribution in [0.25, 0.3) is 10.8 Å². The molecule has 32 heavy (non-hydrogen) atoms. The minimum Gasteiger partial charge on any atom is -0.324 e. The minimum absolute atomic E-state index is 0.138. The summed E-state index contributed by atoms with van der Waals surface area (Å²) in [5.74, 6) is -0.416. The molecule has 0 saturated heterocycles. The van der Waals surface area contributed by atoms with Crippen LogP contribution in [0.4, 0.5) is 11.4 Å². The zero-order valence-electron chi connectivity index (χ0n) is 17.9. The zero-order chi connectivity index (χ0) is 22.7. The first-order valence-corrected chi connectivity index (χ1v) is 11.7. The number of sulfonamides is 1. The van der Waals surface area contributed by atoms with E-state index in [0.717, 1.165) is 21.9 Å². The van der Waals surface area contributed by atoms with Crippen LogP contribution in [0.5, 0.6) is 0 Å². The molecule has 4 aromatic carbocycles. The van der Waals surface area contributed by atoms with Crippen LogP contribution in [0.3, 0.4) is 0 Å². The molecule has 0 heterocycles. The van der Waals surface area contributed by atoms with Crippen molar-refractivity contribution < 1.29 is 13.2 Å². The number of carbonyl (C=O) groups is 1. The molecule has 0 spiro atoms. The minimum atomic E-state index is -3.94. The van der Waals surface area contributed by atoms with Gasteiger partial charge in [0.15, 0.2) is 0 Å². The second kappa shape index (κ2) is 8.85. The molecule has 0 unspecified atom stereocenters. The van der Waals surface area contributed by atoms with Crippen LogP contribution in [0, 0.1) is 13.8 Å². The fraction of sp³-hybridized carbons (Fsp3) is 0.115. The molecule has 0 aromatic heterocycles. The second-order valence-corrected chi connectivity index (χ2v) is 9.59. The fourth-order valence-electron chi connectivity index (χ4n) is 3.61. The zero-order valence-corrected chi connectivity index (χ0v) is 18.8. The van der Waals surface area contributed by atoms with Gasteiger partial charge in [0.05, 0.1) is 10.6 Å². The van der Waals surface area contributed by atoms with Gasteiger partial charge in [0.1, 0.15) is 6.54 Å². The highest BCUT2D eigenvalue weighted by molar-refractivity contribution is 7.92. The van der Waals surface area contributed by atoms with Crippen LogP contribution < -0.4 is 9.62 Å². The molecule has 162 valence electrons. The lowest BCUT2D eigenvalue weighted by atomic mass is 10.1. The summed E-state index contributed by atoms with van der Waals surface area (Å²) in [7, 11) is -3.94. The maximum Gasteiger partial charge on any atom is 0.264 e. The number of fused-ring (bicyclic) bond motifs is 1. The Morgan fingerprint density at radius 3 is 2.25 bits per heavy atom. The highest BCUT2D eigenvalue weighted by Gasteiger charge is 2.28. The quantitative estimate of drug-likeness (QED) is 0.439. The summed E-state index contributed by atoms with van der Waals surface area (Å²) in [6.45, 7) is 3.39. The number of nitrogens with one attached hydrogen (secondary N) is 1. The highest BCUT2D eigenvalue weighted by Crippen LogP contribution is 2.28. The van der Waals surface area contributed by atoms with E-state index in [-0.39, 0.29) is 11.4 Å². The predicted molar refractivity (Wildman–Crippen MR) is 129 cm³/mol. The predicted octanol–water partition coefficient (Wildman–Crippen LogP) is 5.29. The van der Waals surface area contributed by atoms with E-state index >= 15 is 0 Å². The number of amides is 1. The topological polar surface area (TPSA) is 66.5 Å². The molecule has 0 bridgehead atoms. The molecule has 0 aliphatic carbocycles. The van der Waals surface area contributed by atoms with E-state index in [1.807, 2.05) is 68.4 Å². The summed E-state index contributed by atoms with van der Waals surface area (Å²) in [5, 5.41) is 4.90. The summed E-state index contributed by atoms with van der Waals surface area (Å²) in [5.41, 5.74) is 2.79. The Balaban J connectivity index is 1.68. The van der Waals surface area contributed by atoms with Gasteiger partial charge in [-0.1, -0.05) is 60.7 Å². The number of carbonyl (C=O) groups excluding carboxylic acids is 1. The molecule has 1 N–H and O–H groups in total. The van der Waals surface area contributed by atoms with Gasteiger partial charge in [0, 0.05) is 5.69 Å². The molecule has 1 amide bonds. The largest absolute Gasteiger partial charge is 0.324 e. The van der Waals surface area contributed by atoms with E-state index < -0.39 is 15.9 Å². The van der Waals surface area contributed by atoms with E-state index in [0.29, 0.717) is 11.4 Å². The van der Waals surface area contributed by atoms with Gasteiger partial charge in [0.25, 0.3) is 10.0 Å². The van der Waals surface area contributed by atoms with Crippen molar-refractivity contribution in [2.24, 2.45) is 0 Å². The summed E-state index contributed by atoms with van der Waals surface area (Å²) >= 11 is 0. The van der Waals surface area contributed by atoms with Gasteiger partial charge in [-0.05, 0) is 66.1 Å². The molecule has 0 aliphatic heterocycles. The maximum absolute atomic E-state index is 13.5. The first-order valence-electron chi connectivity index (χ1n) is 10.3. The Labute approximate surface area is 188 Å². The van der Waals surface area contributed by atoms with Gasteiger partial charge in [0.2, 0.25) is 5.91 Å². The van der Waals surface area contributed by atoms with Crippen LogP contribution in [0.2, 0.25) is 0 Å². The van der Waals surface area contributed by atoms with E-state index in [1.165, 1.54) is 16.4 Å². The third-order valence-electron chi connectivity index (χ3n) is 5.28. The number of hydrogen-bond acceptors (Lipinski definition) is 3. The normalized spacial score (nSPS) is 11.3. The van der Waals surface area contributed by atoms with Gasteiger partial charge in [-0.2, -0.15) is 0 Å². The van der Waals surface area contributed by atoms with Crippen molar-refractivity contribution in [3.8, 4) is 0 Å². The molecular formula is C26H24N2O3S. The molecule has 0 aliphatic rings. The van der Waals surface area contributed by atoms with E-state index in [2.05, 4.69) is 5.32 Å². The van der Waals surface area contributed by atoms with Gasteiger partial charge in [-0.3, -0.25) is 9.10 Å². The van der Waals surface area contributed by atoms with Crippen LogP contribution >= 0.6 is 0 Å². The van der Waals surface area contributed by atoms with Crippen molar-refractivity contribution in [2.75, 3.05) is 16.2 Å². The number of nitrogens with zero attached hydrogens (tertiary/aromatic N) is 1. The first-order chi connectivity index (χ1) is 15.3. The molecule has 0 saturated carbocycles. The Morgan fingerprint density at radius 2 is 1.50 bits per heavy atom. The SMILES string of the molecule is Cc1ccc(C)c(N(CC(=O)Nc2ccc3ccccc3c2)S(=O)(=O)c2ccccc2)c1. The average molecular weight is 445 g/mol. The molecule has 6 heteroatoms. The molecule has 0 atom stereocenters. The van der Waals surface area contributed by atoms with E-state index in [1.54, 1.807) is 24.3 Å². The van der Waals surface area contributed by atoms with Crippen molar-refractivity contribution in [1.82, 2.24) is 0 Å². The summed E-state index contributed by atoms with van der Waals surface area (Å²) in [6.07, 6.45) is 0. The average Bonchev–Trinajstić information content (AvgIpc) is 2.79. The summed E-state index contributed by atoms with van der Waals surface area (Å²) < 4.78 is 28.2. The van der Waals surface area contributed by atoms with Crippen LogP contribution in [0.1, 0.15) is 11.1 Å². The van der Waals surface area contributed by atoms with Crippen LogP contribution in [-0.2, 0) is 14.8 Å². The van der Waals surface area contributed by atoms with Crippen molar-refractivity contribution in [3.63, 3.8) is 0 Å². The maximum atomic E-state index is 13.5. The fourth-order valence-corrected chi connectivity index (χ4v) is 5.10. The van der Waals surface area contributed by atoms with Crippen molar-refractivity contribution in [1.29, 1.82) is 0 Å². The number of benzene rings is 4. The first kappa shape index (κ1) is 21.6. The molecular weight excluding hydrogens is 420 g/mol. The van der Waals surface area contributed by atoms with Gasteiger partial charge < -0.3 is 5.32 Å². The Morgan fingerprint density at radius 1 is 0.812 bits per heavy atom. The molecule has 4 rings (SSSR count). The number of hydrogen-bond donors (Lipinski definition) is 1. The smallest absolute Gasteiger partial charge is 0.264 e.